The van der Waals surface area contributed by atoms with E-state index in [1.807, 2.05) is 43.3 Å². The quantitative estimate of drug-likeness (QED) is 0.698. The number of benzene rings is 1. The van der Waals surface area contributed by atoms with Gasteiger partial charge in [0.1, 0.15) is 5.82 Å². The first kappa shape index (κ1) is 15.3. The lowest BCUT2D eigenvalue weighted by molar-refractivity contribution is 0.437. The van der Waals surface area contributed by atoms with Crippen molar-refractivity contribution in [2.75, 3.05) is 5.32 Å². The summed E-state index contributed by atoms with van der Waals surface area (Å²) in [7, 11) is 0. The summed E-state index contributed by atoms with van der Waals surface area (Å²) < 4.78 is 5.69. The molecule has 3 rings (SSSR count). The third-order valence-corrected chi connectivity index (χ3v) is 3.68. The number of hydrogen-bond donors (Lipinski definition) is 2. The van der Waals surface area contributed by atoms with E-state index in [4.69, 9.17) is 4.74 Å². The molecule has 0 saturated heterocycles. The Morgan fingerprint density at radius 1 is 1.04 bits per heavy atom. The van der Waals surface area contributed by atoms with E-state index in [0.717, 1.165) is 16.2 Å². The Labute approximate surface area is 140 Å². The molecule has 0 aliphatic carbocycles. The molecule has 23 heavy (non-hydrogen) atoms. The maximum Gasteiger partial charge on any atom is 0.323 e. The van der Waals surface area contributed by atoms with E-state index < -0.39 is 0 Å². The SMILES string of the molecule is Cc1ncccc1Oc1nccc(NCc2ccccc2S)n1. The van der Waals surface area contributed by atoms with Crippen LogP contribution >= 0.6 is 12.6 Å². The van der Waals surface area contributed by atoms with Gasteiger partial charge in [-0.25, -0.2) is 4.98 Å². The number of aryl methyl sites for hydroxylation is 1. The molecule has 2 aromatic heterocycles. The Morgan fingerprint density at radius 2 is 1.91 bits per heavy atom. The number of rotatable bonds is 5. The van der Waals surface area contributed by atoms with Gasteiger partial charge in [0.25, 0.3) is 0 Å². The fraction of sp³-hybridized carbons (Fsp3) is 0.118. The van der Waals surface area contributed by atoms with E-state index in [2.05, 4.69) is 32.9 Å². The van der Waals surface area contributed by atoms with E-state index >= 15 is 0 Å². The molecule has 116 valence electrons. The summed E-state index contributed by atoms with van der Waals surface area (Å²) in [5, 5.41) is 3.25. The molecule has 2 heterocycles. The van der Waals surface area contributed by atoms with Crippen LogP contribution in [0.25, 0.3) is 0 Å². The highest BCUT2D eigenvalue weighted by molar-refractivity contribution is 7.80. The van der Waals surface area contributed by atoms with Gasteiger partial charge in [-0.1, -0.05) is 18.2 Å². The van der Waals surface area contributed by atoms with Crippen molar-refractivity contribution in [2.24, 2.45) is 0 Å². The Hall–Kier alpha value is -2.60. The third-order valence-electron chi connectivity index (χ3n) is 3.24. The summed E-state index contributed by atoms with van der Waals surface area (Å²) in [4.78, 5) is 13.6. The molecule has 0 aliphatic rings. The van der Waals surface area contributed by atoms with Crippen LogP contribution in [0.3, 0.4) is 0 Å². The average Bonchev–Trinajstić information content (AvgIpc) is 2.57. The molecule has 3 aromatic rings. The number of thiol groups is 1. The number of ether oxygens (including phenoxy) is 1. The van der Waals surface area contributed by atoms with Crippen LogP contribution in [0.4, 0.5) is 5.82 Å². The maximum atomic E-state index is 5.69. The normalized spacial score (nSPS) is 10.3. The van der Waals surface area contributed by atoms with Crippen LogP contribution in [-0.4, -0.2) is 15.0 Å². The van der Waals surface area contributed by atoms with Crippen LogP contribution in [-0.2, 0) is 6.54 Å². The van der Waals surface area contributed by atoms with Gasteiger partial charge in [0.2, 0.25) is 0 Å². The van der Waals surface area contributed by atoms with E-state index in [-0.39, 0.29) is 6.01 Å². The molecule has 0 aliphatic heterocycles. The molecule has 0 bridgehead atoms. The highest BCUT2D eigenvalue weighted by Gasteiger charge is 2.05. The summed E-state index contributed by atoms with van der Waals surface area (Å²) in [5.74, 6) is 1.33. The fourth-order valence-corrected chi connectivity index (χ4v) is 2.25. The molecule has 1 aromatic carbocycles. The standard InChI is InChI=1S/C17H16N4OS/c1-12-14(6-4-9-18-12)22-17-19-10-8-16(21-17)20-11-13-5-2-3-7-15(13)23/h2-10,23H,11H2,1H3,(H,19,20,21). The Morgan fingerprint density at radius 3 is 2.74 bits per heavy atom. The van der Waals surface area contributed by atoms with Gasteiger partial charge in [-0.05, 0) is 36.8 Å². The van der Waals surface area contributed by atoms with Crippen molar-refractivity contribution in [3.63, 3.8) is 0 Å². The van der Waals surface area contributed by atoms with Crippen molar-refractivity contribution in [2.45, 2.75) is 18.4 Å². The van der Waals surface area contributed by atoms with Crippen LogP contribution in [0.1, 0.15) is 11.3 Å². The monoisotopic (exact) mass is 324 g/mol. The van der Waals surface area contributed by atoms with Crippen molar-refractivity contribution >= 4 is 18.4 Å². The number of hydrogen-bond acceptors (Lipinski definition) is 6. The second kappa shape index (κ2) is 7.11. The Bertz CT molecular complexity index is 810. The van der Waals surface area contributed by atoms with E-state index in [1.165, 1.54) is 0 Å². The Balaban J connectivity index is 1.70. The van der Waals surface area contributed by atoms with Gasteiger partial charge in [-0.15, -0.1) is 12.6 Å². The van der Waals surface area contributed by atoms with E-state index in [1.54, 1.807) is 18.5 Å². The summed E-state index contributed by atoms with van der Waals surface area (Å²) in [6, 6.07) is 13.6. The summed E-state index contributed by atoms with van der Waals surface area (Å²) in [6.45, 7) is 2.50. The lowest BCUT2D eigenvalue weighted by Gasteiger charge is -2.09. The van der Waals surface area contributed by atoms with Gasteiger partial charge in [0, 0.05) is 23.8 Å². The van der Waals surface area contributed by atoms with E-state index in [0.29, 0.717) is 18.1 Å². The first-order valence-corrected chi connectivity index (χ1v) is 7.60. The first-order chi connectivity index (χ1) is 11.2. The van der Waals surface area contributed by atoms with Crippen LogP contribution in [0.15, 0.2) is 59.8 Å². The second-order valence-corrected chi connectivity index (χ2v) is 5.38. The smallest absolute Gasteiger partial charge is 0.323 e. The molecule has 0 saturated carbocycles. The predicted octanol–water partition coefficient (Wildman–Crippen LogP) is 3.87. The fourth-order valence-electron chi connectivity index (χ4n) is 2.01. The molecule has 5 nitrogen and oxygen atoms in total. The number of aromatic nitrogens is 3. The molecule has 0 amide bonds. The highest BCUT2D eigenvalue weighted by Crippen LogP contribution is 2.21. The van der Waals surface area contributed by atoms with Crippen LogP contribution in [0.2, 0.25) is 0 Å². The van der Waals surface area contributed by atoms with Gasteiger partial charge in [0.05, 0.1) is 5.69 Å². The third kappa shape index (κ3) is 3.98. The summed E-state index contributed by atoms with van der Waals surface area (Å²) >= 11 is 4.44. The molecule has 0 fully saturated rings. The van der Waals surface area contributed by atoms with Crippen molar-refractivity contribution in [1.29, 1.82) is 0 Å². The van der Waals surface area contributed by atoms with Crippen LogP contribution in [0, 0.1) is 6.92 Å². The van der Waals surface area contributed by atoms with Gasteiger partial charge in [-0.3, -0.25) is 4.98 Å². The van der Waals surface area contributed by atoms with Gasteiger partial charge in [-0.2, -0.15) is 4.98 Å². The number of pyridine rings is 1. The Kier molecular flexibility index (Phi) is 4.73. The van der Waals surface area contributed by atoms with Crippen LogP contribution < -0.4 is 10.1 Å². The molecule has 1 N–H and O–H groups in total. The molecule has 0 radical (unpaired) electrons. The summed E-state index contributed by atoms with van der Waals surface area (Å²) in [6.07, 6.45) is 3.37. The predicted molar refractivity (Wildman–Crippen MR) is 92.1 cm³/mol. The van der Waals surface area contributed by atoms with Crippen molar-refractivity contribution < 1.29 is 4.74 Å². The van der Waals surface area contributed by atoms with Crippen molar-refractivity contribution in [3.8, 4) is 11.8 Å². The molecular formula is C17H16N4OS. The second-order valence-electron chi connectivity index (χ2n) is 4.90. The molecule has 6 heteroatoms. The van der Waals surface area contributed by atoms with Gasteiger partial charge in [0.15, 0.2) is 5.75 Å². The highest BCUT2D eigenvalue weighted by atomic mass is 32.1. The average molecular weight is 324 g/mol. The zero-order valence-electron chi connectivity index (χ0n) is 12.6. The lowest BCUT2D eigenvalue weighted by atomic mass is 10.2. The van der Waals surface area contributed by atoms with E-state index in [9.17, 15) is 0 Å². The largest absolute Gasteiger partial charge is 0.422 e. The minimum atomic E-state index is 0.283. The van der Waals surface area contributed by atoms with Crippen LogP contribution in [0.5, 0.6) is 11.8 Å². The number of anilines is 1. The lowest BCUT2D eigenvalue weighted by Crippen LogP contribution is -2.03. The van der Waals surface area contributed by atoms with Crippen molar-refractivity contribution in [1.82, 2.24) is 15.0 Å². The zero-order valence-corrected chi connectivity index (χ0v) is 13.5. The molecule has 0 unspecified atom stereocenters. The summed E-state index contributed by atoms with van der Waals surface area (Å²) in [5.41, 5.74) is 1.89. The first-order valence-electron chi connectivity index (χ1n) is 7.15. The molecule has 0 spiro atoms. The zero-order chi connectivity index (χ0) is 16.1. The minimum absolute atomic E-state index is 0.283. The maximum absolute atomic E-state index is 5.69. The van der Waals surface area contributed by atoms with Gasteiger partial charge >= 0.3 is 6.01 Å². The number of nitrogens with zero attached hydrogens (tertiary/aromatic N) is 3. The minimum Gasteiger partial charge on any atom is -0.422 e. The molecular weight excluding hydrogens is 308 g/mol. The van der Waals surface area contributed by atoms with Gasteiger partial charge < -0.3 is 10.1 Å². The van der Waals surface area contributed by atoms with Crippen molar-refractivity contribution in [3.05, 3.63) is 66.1 Å². The molecule has 0 atom stereocenters. The number of nitrogens with one attached hydrogen (secondary N) is 1. The topological polar surface area (TPSA) is 59.9 Å².